The number of imidazole rings is 4. The third-order valence-electron chi connectivity index (χ3n) is 18.5. The number of aromatic nitrogens is 14. The van der Waals surface area contributed by atoms with Crippen LogP contribution in [0.1, 0.15) is 73.4 Å². The number of nitrogen functional groups attached to an aromatic ring is 3. The normalized spacial score (nSPS) is 12.5. The van der Waals surface area contributed by atoms with Gasteiger partial charge in [-0.1, -0.05) is 84.9 Å². The third-order valence-corrected chi connectivity index (χ3v) is 18.6. The topological polar surface area (TPSA) is 359 Å². The monoisotopic (exact) mass is 1530 g/mol. The molecule has 10 aromatic carbocycles. The summed E-state index contributed by atoms with van der Waals surface area (Å²) in [6.07, 6.45) is 13.9. The van der Waals surface area contributed by atoms with Crippen molar-refractivity contribution in [2.24, 2.45) is 0 Å². The van der Waals surface area contributed by atoms with Gasteiger partial charge in [0.25, 0.3) is 0 Å². The molecular formula is C86H76ClN21O6. The van der Waals surface area contributed by atoms with Crippen molar-refractivity contribution in [1.29, 1.82) is 0 Å². The van der Waals surface area contributed by atoms with Gasteiger partial charge in [-0.3, -0.25) is 39.1 Å². The number of carbonyl (C=O) groups is 4. The molecule has 0 bridgehead atoms. The summed E-state index contributed by atoms with van der Waals surface area (Å²) in [5.41, 5.74) is 34.2. The predicted octanol–water partition coefficient (Wildman–Crippen LogP) is 18.6. The van der Waals surface area contributed by atoms with Gasteiger partial charge in [-0.2, -0.15) is 20.0 Å². The molecule has 12 N–H and O–H groups in total. The summed E-state index contributed by atoms with van der Waals surface area (Å²) in [6.45, 7) is 0. The number of fused-ring (bicyclic) bond motifs is 4. The Morgan fingerprint density at radius 2 is 0.772 bits per heavy atom. The maximum absolute atomic E-state index is 12.5. The van der Waals surface area contributed by atoms with Gasteiger partial charge >= 0.3 is 23.6 Å². The Morgan fingerprint density at radius 1 is 0.395 bits per heavy atom. The van der Waals surface area contributed by atoms with Gasteiger partial charge in [-0.05, 0) is 208 Å². The number of ether oxygens (including phenoxy) is 2. The van der Waals surface area contributed by atoms with Crippen LogP contribution in [0.25, 0.3) is 66.9 Å². The minimum absolute atomic E-state index is 0.315. The Labute approximate surface area is 657 Å². The first kappa shape index (κ1) is 74.3. The zero-order valence-corrected chi connectivity index (χ0v) is 61.9. The first-order valence-electron chi connectivity index (χ1n) is 36.7. The number of rotatable bonds is 13. The number of aromatic amines is 2. The maximum atomic E-state index is 12.5. The number of carbonyl (C=O) groups excluding carboxylic acids is 4. The Morgan fingerprint density at radius 3 is 1.18 bits per heavy atom. The Balaban J connectivity index is 0.000000112. The summed E-state index contributed by atoms with van der Waals surface area (Å²) < 4.78 is 19.1. The molecule has 20 rings (SSSR count). The number of H-pyrrole nitrogens is 2. The van der Waals surface area contributed by atoms with Gasteiger partial charge < -0.3 is 37.3 Å². The summed E-state index contributed by atoms with van der Waals surface area (Å²) in [4.78, 5) is 64.3. The summed E-state index contributed by atoms with van der Waals surface area (Å²) >= 11 is 4.95. The molecule has 0 atom stereocenters. The summed E-state index contributed by atoms with van der Waals surface area (Å²) in [6, 6.07) is 84.9. The minimum atomic E-state index is -0.814. The second-order valence-electron chi connectivity index (χ2n) is 26.8. The van der Waals surface area contributed by atoms with E-state index < -0.39 is 11.5 Å². The average Bonchev–Trinajstić information content (AvgIpc) is 1.67. The van der Waals surface area contributed by atoms with Crippen LogP contribution in [-0.2, 0) is 0 Å². The fourth-order valence-corrected chi connectivity index (χ4v) is 12.4. The van der Waals surface area contributed by atoms with E-state index in [2.05, 4.69) is 82.1 Å². The van der Waals surface area contributed by atoms with Crippen molar-refractivity contribution in [2.45, 2.75) is 56.3 Å². The molecule has 4 amide bonds. The zero-order valence-electron chi connectivity index (χ0n) is 61.2. The SMILES string of the molecule is Nc1cc(C2CC2)[nH]n1.Nc1cc(C2CC2)nn1C(=O)Nc1ccc(-n2cnc3ccccc32)cc1.Nc1ccc(-n2cnc3ccccc32)cc1.O=C(Cl)Oc1ccccc1.O=C(Nc1ccc(-n2cnc3ccccc32)cc1)Nc1cc(C2CC2)[nH]n1.O=C(Nc1ccc(-n2cnc3ccccc32)cc1)Oc1ccccc1. The lowest BCUT2D eigenvalue weighted by Gasteiger charge is -2.08. The Bertz CT molecular complexity index is 6120. The number of benzene rings is 10. The second kappa shape index (κ2) is 34.6. The van der Waals surface area contributed by atoms with Crippen molar-refractivity contribution < 1.29 is 28.7 Å². The van der Waals surface area contributed by atoms with E-state index in [1.54, 1.807) is 61.4 Å². The molecular weight excluding hydrogens is 1460 g/mol. The second-order valence-corrected chi connectivity index (χ2v) is 27.1. The first-order chi connectivity index (χ1) is 55.7. The van der Waals surface area contributed by atoms with Crippen LogP contribution in [0.5, 0.6) is 11.5 Å². The molecule has 3 aliphatic carbocycles. The number of para-hydroxylation sites is 10. The lowest BCUT2D eigenvalue weighted by molar-refractivity contribution is 0.215. The Kier molecular flexibility index (Phi) is 22.6. The van der Waals surface area contributed by atoms with Gasteiger partial charge in [0.1, 0.15) is 48.4 Å². The van der Waals surface area contributed by atoms with E-state index in [0.29, 0.717) is 57.9 Å². The van der Waals surface area contributed by atoms with E-state index in [9.17, 15) is 19.2 Å². The number of urea groups is 1. The number of hydrogen-bond donors (Lipinski definition) is 9. The van der Waals surface area contributed by atoms with Crippen LogP contribution < -0.4 is 47.9 Å². The predicted molar refractivity (Wildman–Crippen MR) is 444 cm³/mol. The van der Waals surface area contributed by atoms with E-state index >= 15 is 0 Å². The van der Waals surface area contributed by atoms with Gasteiger partial charge in [0.15, 0.2) is 5.82 Å². The first-order valence-corrected chi connectivity index (χ1v) is 37.0. The van der Waals surface area contributed by atoms with Gasteiger partial charge in [-0.15, -0.1) is 0 Å². The highest BCUT2D eigenvalue weighted by molar-refractivity contribution is 6.61. The number of nitrogens with zero attached hydrogens (tertiary/aromatic N) is 12. The zero-order chi connectivity index (χ0) is 78.3. The lowest BCUT2D eigenvalue weighted by atomic mass is 10.2. The van der Waals surface area contributed by atoms with Crippen LogP contribution in [0, 0.1) is 0 Å². The molecule has 3 saturated carbocycles. The van der Waals surface area contributed by atoms with Crippen molar-refractivity contribution >= 4 is 120 Å². The van der Waals surface area contributed by atoms with E-state index in [0.717, 1.165) is 103 Å². The number of anilines is 7. The maximum Gasteiger partial charge on any atom is 0.417 e. The van der Waals surface area contributed by atoms with Crippen molar-refractivity contribution in [3.05, 3.63) is 315 Å². The molecule has 7 heterocycles. The van der Waals surface area contributed by atoms with E-state index in [1.807, 2.05) is 244 Å². The highest BCUT2D eigenvalue weighted by Crippen LogP contribution is 2.41. The quantitative estimate of drug-likeness (QED) is 0.0382. The minimum Gasteiger partial charge on any atom is -0.415 e. The number of nitrogens with one attached hydrogen (secondary N) is 6. The molecule has 114 heavy (non-hydrogen) atoms. The summed E-state index contributed by atoms with van der Waals surface area (Å²) in [5.74, 6) is 4.22. The largest absolute Gasteiger partial charge is 0.417 e. The van der Waals surface area contributed by atoms with Crippen molar-refractivity contribution in [1.82, 2.24) is 68.4 Å². The van der Waals surface area contributed by atoms with Gasteiger partial charge in [0, 0.05) is 104 Å². The van der Waals surface area contributed by atoms with Gasteiger partial charge in [0.05, 0.1) is 49.8 Å². The van der Waals surface area contributed by atoms with Crippen molar-refractivity contribution in [3.8, 4) is 34.2 Å². The number of halogens is 1. The van der Waals surface area contributed by atoms with Crippen molar-refractivity contribution in [2.75, 3.05) is 38.5 Å². The molecule has 0 saturated heterocycles. The molecule has 568 valence electrons. The third kappa shape index (κ3) is 19.1. The van der Waals surface area contributed by atoms with Crippen LogP contribution in [0.2, 0.25) is 0 Å². The molecule has 28 heteroatoms. The van der Waals surface area contributed by atoms with E-state index in [1.165, 1.54) is 36.1 Å². The summed E-state index contributed by atoms with van der Waals surface area (Å²) in [7, 11) is 0. The lowest BCUT2D eigenvalue weighted by Crippen LogP contribution is -2.22. The van der Waals surface area contributed by atoms with Crippen LogP contribution in [0.4, 0.5) is 59.4 Å². The molecule has 0 unspecified atom stereocenters. The molecule has 17 aromatic rings. The highest BCUT2D eigenvalue weighted by atomic mass is 35.5. The standard InChI is InChI=1S/2C20H18N6O.C20H15N3O2.C13H11N3.C7H5ClO2.C6H9N3/c21-19-11-17(13-5-6-13)24-26(19)20(27)23-14-7-9-15(10-8-14)25-12-22-16-3-1-2-4-18(16)25;27-20(23-19-11-17(24-25-19)13-5-6-13)22-14-7-9-15(10-8-14)26-12-21-16-3-1-2-4-18(16)26;24-20(25-17-6-2-1-3-7-17)22-15-10-12-16(13-11-15)23-14-21-18-8-4-5-9-19(18)23;14-10-5-7-11(8-6-10)16-9-15-12-3-1-2-4-13(12)16;8-7(9)10-6-4-2-1-3-5-6;7-6-3-5(8-9-6)4-1-2-4/h1-4,7-13H,5-6,21H2,(H,23,27);1-4,7-13H,5-6H2,(H3,22,23,24,25,27);1-14H,(H,22,24);1-9H,14H2;1-5H;3-4H,1-2H2,(H3,7,8,9). The molecule has 3 aliphatic rings. The molecule has 3 fully saturated rings. The van der Waals surface area contributed by atoms with Gasteiger partial charge in [-0.25, -0.2) is 39.1 Å². The van der Waals surface area contributed by atoms with Crippen molar-refractivity contribution in [3.63, 3.8) is 0 Å². The average molecular weight is 1540 g/mol. The highest BCUT2D eigenvalue weighted by Gasteiger charge is 2.29. The number of nitrogens with two attached hydrogens (primary N) is 3. The van der Waals surface area contributed by atoms with Crippen LogP contribution in [0.3, 0.4) is 0 Å². The van der Waals surface area contributed by atoms with Crippen LogP contribution in [0.15, 0.2) is 298 Å². The molecule has 0 radical (unpaired) electrons. The molecule has 7 aromatic heterocycles. The molecule has 0 spiro atoms. The molecule has 0 aliphatic heterocycles. The smallest absolute Gasteiger partial charge is 0.415 e. The van der Waals surface area contributed by atoms with Gasteiger partial charge in [0.2, 0.25) is 0 Å². The molecule has 27 nitrogen and oxygen atoms in total. The van der Waals surface area contributed by atoms with Crippen LogP contribution in [-0.4, -0.2) is 92.0 Å². The summed E-state index contributed by atoms with van der Waals surface area (Å²) in [5, 5.41) is 29.3. The fourth-order valence-electron chi connectivity index (χ4n) is 12.3. The number of amides is 4. The number of hydrogen-bond acceptors (Lipinski definition) is 16. The van der Waals surface area contributed by atoms with E-state index in [4.69, 9.17) is 33.5 Å². The van der Waals surface area contributed by atoms with Crippen LogP contribution >= 0.6 is 11.6 Å². The Hall–Kier alpha value is -15.1. The van der Waals surface area contributed by atoms with E-state index in [-0.39, 0.29) is 12.1 Å². The fraction of sp³-hybridized carbons (Fsp3) is 0.105.